The molecule has 0 saturated carbocycles. The van der Waals surface area contributed by atoms with Crippen LogP contribution in [0, 0.1) is 5.92 Å². The van der Waals surface area contributed by atoms with Gasteiger partial charge in [-0.3, -0.25) is 9.59 Å². The van der Waals surface area contributed by atoms with Crippen LogP contribution in [-0.4, -0.2) is 48.9 Å². The molecule has 2 N–H and O–H groups in total. The standard InChI is InChI=1S/C18H25N3O2/c22-17(15-6-2-1-3-7-15)20-16(14-8-10-19-11-9-14)18(23)21-12-4-5-13-21/h1-3,6-7,14,16,19H,4-5,8-13H2,(H,20,22). The maximum absolute atomic E-state index is 12.9. The predicted molar refractivity (Wildman–Crippen MR) is 89.1 cm³/mol. The van der Waals surface area contributed by atoms with Gasteiger partial charge in [0, 0.05) is 18.7 Å². The Balaban J connectivity index is 1.74. The van der Waals surface area contributed by atoms with E-state index in [1.165, 1.54) is 0 Å². The normalized spacial score (nSPS) is 20.3. The molecule has 2 aliphatic heterocycles. The van der Waals surface area contributed by atoms with E-state index in [4.69, 9.17) is 0 Å². The van der Waals surface area contributed by atoms with Crippen LogP contribution in [0.5, 0.6) is 0 Å². The molecule has 1 aromatic rings. The number of amides is 2. The van der Waals surface area contributed by atoms with Crippen molar-refractivity contribution >= 4 is 11.8 Å². The first-order valence-corrected chi connectivity index (χ1v) is 8.61. The number of hydrogen-bond acceptors (Lipinski definition) is 3. The second-order valence-electron chi connectivity index (χ2n) is 6.44. The molecule has 23 heavy (non-hydrogen) atoms. The zero-order chi connectivity index (χ0) is 16.1. The number of rotatable bonds is 4. The van der Waals surface area contributed by atoms with E-state index in [9.17, 15) is 9.59 Å². The van der Waals surface area contributed by atoms with Gasteiger partial charge >= 0.3 is 0 Å². The summed E-state index contributed by atoms with van der Waals surface area (Å²) < 4.78 is 0. The van der Waals surface area contributed by atoms with Crippen LogP contribution in [0.1, 0.15) is 36.0 Å². The Labute approximate surface area is 137 Å². The minimum absolute atomic E-state index is 0.0960. The van der Waals surface area contributed by atoms with Crippen LogP contribution in [0.3, 0.4) is 0 Å². The van der Waals surface area contributed by atoms with Crippen molar-refractivity contribution in [2.45, 2.75) is 31.7 Å². The maximum Gasteiger partial charge on any atom is 0.251 e. The monoisotopic (exact) mass is 315 g/mol. The van der Waals surface area contributed by atoms with Gasteiger partial charge in [0.2, 0.25) is 5.91 Å². The average molecular weight is 315 g/mol. The molecule has 2 saturated heterocycles. The van der Waals surface area contributed by atoms with Crippen molar-refractivity contribution in [1.82, 2.24) is 15.5 Å². The van der Waals surface area contributed by atoms with Gasteiger partial charge in [0.05, 0.1) is 0 Å². The summed E-state index contributed by atoms with van der Waals surface area (Å²) in [4.78, 5) is 27.3. The highest BCUT2D eigenvalue weighted by Gasteiger charge is 2.34. The molecule has 2 fully saturated rings. The fraction of sp³-hybridized carbons (Fsp3) is 0.556. The minimum Gasteiger partial charge on any atom is -0.341 e. The summed E-state index contributed by atoms with van der Waals surface area (Å²) in [6, 6.07) is 8.75. The summed E-state index contributed by atoms with van der Waals surface area (Å²) in [5.41, 5.74) is 0.612. The Hall–Kier alpha value is -1.88. The Morgan fingerprint density at radius 2 is 1.74 bits per heavy atom. The molecular formula is C18H25N3O2. The van der Waals surface area contributed by atoms with E-state index in [1.54, 1.807) is 12.1 Å². The first-order valence-electron chi connectivity index (χ1n) is 8.61. The molecule has 1 unspecified atom stereocenters. The van der Waals surface area contributed by atoms with Gasteiger partial charge in [0.1, 0.15) is 6.04 Å². The summed E-state index contributed by atoms with van der Waals surface area (Å²) in [7, 11) is 0. The third-order valence-electron chi connectivity index (χ3n) is 4.86. The SMILES string of the molecule is O=C(NC(C(=O)N1CCCC1)C1CCNCC1)c1ccccc1. The highest BCUT2D eigenvalue weighted by Crippen LogP contribution is 2.21. The Bertz CT molecular complexity index is 534. The van der Waals surface area contributed by atoms with E-state index in [1.807, 2.05) is 23.1 Å². The largest absolute Gasteiger partial charge is 0.341 e. The van der Waals surface area contributed by atoms with Crippen molar-refractivity contribution in [1.29, 1.82) is 0 Å². The lowest BCUT2D eigenvalue weighted by atomic mass is 9.89. The summed E-state index contributed by atoms with van der Waals surface area (Å²) >= 11 is 0. The highest BCUT2D eigenvalue weighted by molar-refractivity contribution is 5.97. The van der Waals surface area contributed by atoms with Crippen molar-refractivity contribution in [2.24, 2.45) is 5.92 Å². The van der Waals surface area contributed by atoms with Gasteiger partial charge in [-0.1, -0.05) is 18.2 Å². The third-order valence-corrected chi connectivity index (χ3v) is 4.86. The number of nitrogens with zero attached hydrogens (tertiary/aromatic N) is 1. The smallest absolute Gasteiger partial charge is 0.251 e. The molecule has 0 radical (unpaired) electrons. The first kappa shape index (κ1) is 16.0. The quantitative estimate of drug-likeness (QED) is 0.883. The third kappa shape index (κ3) is 3.91. The van der Waals surface area contributed by atoms with E-state index in [-0.39, 0.29) is 17.7 Å². The van der Waals surface area contributed by atoms with Crippen LogP contribution < -0.4 is 10.6 Å². The van der Waals surface area contributed by atoms with Crippen molar-refractivity contribution in [3.05, 3.63) is 35.9 Å². The molecule has 5 heteroatoms. The summed E-state index contributed by atoms with van der Waals surface area (Å²) in [6.07, 6.45) is 3.99. The topological polar surface area (TPSA) is 61.4 Å². The molecule has 2 amide bonds. The Morgan fingerprint density at radius 3 is 2.39 bits per heavy atom. The first-order chi connectivity index (χ1) is 11.3. The Morgan fingerprint density at radius 1 is 1.09 bits per heavy atom. The van der Waals surface area contributed by atoms with Crippen LogP contribution in [0.4, 0.5) is 0 Å². The number of piperidine rings is 1. The van der Waals surface area contributed by atoms with E-state index in [0.29, 0.717) is 5.56 Å². The second-order valence-corrected chi connectivity index (χ2v) is 6.44. The fourth-order valence-electron chi connectivity index (χ4n) is 3.51. The fourth-order valence-corrected chi connectivity index (χ4v) is 3.51. The average Bonchev–Trinajstić information content (AvgIpc) is 3.15. The highest BCUT2D eigenvalue weighted by atomic mass is 16.2. The van der Waals surface area contributed by atoms with E-state index < -0.39 is 6.04 Å². The molecule has 0 aliphatic carbocycles. The lowest BCUT2D eigenvalue weighted by Crippen LogP contribution is -2.53. The van der Waals surface area contributed by atoms with Crippen molar-refractivity contribution in [3.8, 4) is 0 Å². The zero-order valence-electron chi connectivity index (χ0n) is 13.5. The number of carbonyl (C=O) groups excluding carboxylic acids is 2. The Kier molecular flexibility index (Phi) is 5.28. The van der Waals surface area contributed by atoms with Gasteiger partial charge in [-0.05, 0) is 56.8 Å². The van der Waals surface area contributed by atoms with Gasteiger partial charge in [-0.2, -0.15) is 0 Å². The second kappa shape index (κ2) is 7.59. The maximum atomic E-state index is 12.9. The van der Waals surface area contributed by atoms with Gasteiger partial charge in [0.15, 0.2) is 0 Å². The lowest BCUT2D eigenvalue weighted by Gasteiger charge is -2.33. The molecule has 2 heterocycles. The molecule has 124 valence electrons. The predicted octanol–water partition coefficient (Wildman–Crippen LogP) is 1.41. The van der Waals surface area contributed by atoms with Crippen molar-refractivity contribution < 1.29 is 9.59 Å². The summed E-state index contributed by atoms with van der Waals surface area (Å²) in [6.45, 7) is 3.47. The molecule has 0 spiro atoms. The lowest BCUT2D eigenvalue weighted by molar-refractivity contribution is -0.133. The van der Waals surface area contributed by atoms with Gasteiger partial charge < -0.3 is 15.5 Å². The van der Waals surface area contributed by atoms with E-state index >= 15 is 0 Å². The number of likely N-dealkylation sites (tertiary alicyclic amines) is 1. The minimum atomic E-state index is -0.400. The number of nitrogens with one attached hydrogen (secondary N) is 2. The van der Waals surface area contributed by atoms with Gasteiger partial charge in [-0.25, -0.2) is 0 Å². The summed E-state index contributed by atoms with van der Waals surface area (Å²) in [5.74, 6) is 0.164. The molecular weight excluding hydrogens is 290 g/mol. The van der Waals surface area contributed by atoms with Gasteiger partial charge in [-0.15, -0.1) is 0 Å². The number of carbonyl (C=O) groups is 2. The molecule has 1 atom stereocenters. The van der Waals surface area contributed by atoms with Crippen LogP contribution >= 0.6 is 0 Å². The van der Waals surface area contributed by atoms with E-state index in [2.05, 4.69) is 10.6 Å². The van der Waals surface area contributed by atoms with Crippen LogP contribution in [0.25, 0.3) is 0 Å². The van der Waals surface area contributed by atoms with Crippen molar-refractivity contribution in [3.63, 3.8) is 0 Å². The molecule has 0 aromatic heterocycles. The molecule has 5 nitrogen and oxygen atoms in total. The zero-order valence-corrected chi connectivity index (χ0v) is 13.5. The molecule has 3 rings (SSSR count). The van der Waals surface area contributed by atoms with Crippen LogP contribution in [0.2, 0.25) is 0 Å². The number of benzene rings is 1. The summed E-state index contributed by atoms with van der Waals surface area (Å²) in [5, 5.41) is 6.35. The molecule has 1 aromatic carbocycles. The van der Waals surface area contributed by atoms with Gasteiger partial charge in [0.25, 0.3) is 5.91 Å². The molecule has 0 bridgehead atoms. The van der Waals surface area contributed by atoms with E-state index in [0.717, 1.165) is 51.9 Å². The van der Waals surface area contributed by atoms with Crippen LogP contribution in [-0.2, 0) is 4.79 Å². The van der Waals surface area contributed by atoms with Crippen LogP contribution in [0.15, 0.2) is 30.3 Å². The van der Waals surface area contributed by atoms with Crippen molar-refractivity contribution in [2.75, 3.05) is 26.2 Å². The number of hydrogen-bond donors (Lipinski definition) is 2. The molecule has 2 aliphatic rings.